The van der Waals surface area contributed by atoms with Crippen molar-refractivity contribution in [2.45, 2.75) is 12.5 Å². The molecule has 0 aliphatic heterocycles. The molecule has 0 bridgehead atoms. The minimum absolute atomic E-state index is 0.186. The number of halogens is 1. The van der Waals surface area contributed by atoms with Gasteiger partial charge >= 0.3 is 0 Å². The van der Waals surface area contributed by atoms with Gasteiger partial charge in [-0.05, 0) is 18.1 Å². The number of rotatable bonds is 7. The third-order valence-corrected chi connectivity index (χ3v) is 2.20. The lowest BCUT2D eigenvalue weighted by Crippen LogP contribution is -2.29. The van der Waals surface area contributed by atoms with Crippen molar-refractivity contribution in [3.05, 3.63) is 35.6 Å². The maximum absolute atomic E-state index is 13.3. The van der Waals surface area contributed by atoms with Gasteiger partial charge in [-0.25, -0.2) is 4.39 Å². The predicted octanol–water partition coefficient (Wildman–Crippen LogP) is 1.36. The minimum Gasteiger partial charge on any atom is -0.382 e. The second-order valence-electron chi connectivity index (χ2n) is 3.62. The average Bonchev–Trinajstić information content (AvgIpc) is 2.28. The molecule has 0 spiro atoms. The first-order chi connectivity index (χ1) is 7.74. The molecule has 0 heterocycles. The van der Waals surface area contributed by atoms with E-state index in [1.807, 2.05) is 0 Å². The van der Waals surface area contributed by atoms with Crippen molar-refractivity contribution in [2.75, 3.05) is 26.9 Å². The van der Waals surface area contributed by atoms with Crippen molar-refractivity contribution in [1.82, 2.24) is 0 Å². The van der Waals surface area contributed by atoms with Crippen molar-refractivity contribution in [2.24, 2.45) is 5.73 Å². The molecule has 0 amide bonds. The van der Waals surface area contributed by atoms with Gasteiger partial charge in [0.1, 0.15) is 5.82 Å². The highest BCUT2D eigenvalue weighted by atomic mass is 19.1. The molecule has 0 saturated carbocycles. The topological polar surface area (TPSA) is 44.5 Å². The molecule has 90 valence electrons. The van der Waals surface area contributed by atoms with Gasteiger partial charge in [0.25, 0.3) is 0 Å². The van der Waals surface area contributed by atoms with Gasteiger partial charge in [-0.15, -0.1) is 0 Å². The molecule has 1 atom stereocenters. The minimum atomic E-state index is -0.213. The van der Waals surface area contributed by atoms with Crippen molar-refractivity contribution < 1.29 is 13.9 Å². The lowest BCUT2D eigenvalue weighted by Gasteiger charge is -2.12. The molecular weight excluding hydrogens is 209 g/mol. The Morgan fingerprint density at radius 3 is 2.75 bits per heavy atom. The second-order valence-corrected chi connectivity index (χ2v) is 3.62. The molecule has 0 aromatic heterocycles. The summed E-state index contributed by atoms with van der Waals surface area (Å²) < 4.78 is 23.4. The molecule has 1 aromatic carbocycles. The lowest BCUT2D eigenvalue weighted by atomic mass is 10.1. The van der Waals surface area contributed by atoms with E-state index in [0.717, 1.165) is 0 Å². The summed E-state index contributed by atoms with van der Waals surface area (Å²) in [6.45, 7) is 1.48. The van der Waals surface area contributed by atoms with Gasteiger partial charge in [-0.3, -0.25) is 0 Å². The first-order valence-corrected chi connectivity index (χ1v) is 5.29. The number of nitrogens with two attached hydrogens (primary N) is 1. The summed E-state index contributed by atoms with van der Waals surface area (Å²) >= 11 is 0. The van der Waals surface area contributed by atoms with Gasteiger partial charge in [-0.1, -0.05) is 18.2 Å². The van der Waals surface area contributed by atoms with E-state index in [1.54, 1.807) is 25.3 Å². The number of hydrogen-bond acceptors (Lipinski definition) is 3. The Kier molecular flexibility index (Phi) is 6.00. The second kappa shape index (κ2) is 7.33. The van der Waals surface area contributed by atoms with Gasteiger partial charge in [0.2, 0.25) is 0 Å². The molecule has 4 heteroatoms. The van der Waals surface area contributed by atoms with Crippen LogP contribution in [0.1, 0.15) is 5.56 Å². The molecule has 16 heavy (non-hydrogen) atoms. The van der Waals surface area contributed by atoms with E-state index < -0.39 is 0 Å². The molecular formula is C12H18FNO2. The Labute approximate surface area is 95.4 Å². The Hall–Kier alpha value is -0.970. The summed E-state index contributed by atoms with van der Waals surface area (Å²) in [6, 6.07) is 6.46. The van der Waals surface area contributed by atoms with E-state index >= 15 is 0 Å². The highest BCUT2D eigenvalue weighted by molar-refractivity contribution is 5.18. The van der Waals surface area contributed by atoms with Gasteiger partial charge in [0.15, 0.2) is 0 Å². The number of ether oxygens (including phenoxy) is 2. The maximum atomic E-state index is 13.3. The fourth-order valence-corrected chi connectivity index (χ4v) is 1.38. The smallest absolute Gasteiger partial charge is 0.126 e. The highest BCUT2D eigenvalue weighted by Crippen LogP contribution is 2.08. The van der Waals surface area contributed by atoms with Crippen LogP contribution in [-0.4, -0.2) is 33.0 Å². The zero-order chi connectivity index (χ0) is 11.8. The molecule has 0 radical (unpaired) electrons. The van der Waals surface area contributed by atoms with Crippen LogP contribution in [0.2, 0.25) is 0 Å². The Balaban J connectivity index is 2.28. The van der Waals surface area contributed by atoms with Crippen LogP contribution in [0, 0.1) is 5.82 Å². The predicted molar refractivity (Wildman–Crippen MR) is 60.8 cm³/mol. The average molecular weight is 227 g/mol. The summed E-state index contributed by atoms with van der Waals surface area (Å²) in [5.74, 6) is -0.213. The molecule has 1 unspecified atom stereocenters. The molecule has 1 aromatic rings. The molecule has 0 aliphatic carbocycles. The molecule has 0 saturated heterocycles. The number of hydrogen-bond donors (Lipinski definition) is 1. The van der Waals surface area contributed by atoms with Crippen LogP contribution < -0.4 is 5.73 Å². The molecule has 0 aliphatic rings. The fraction of sp³-hybridized carbons (Fsp3) is 0.500. The van der Waals surface area contributed by atoms with E-state index in [0.29, 0.717) is 31.8 Å². The van der Waals surface area contributed by atoms with Crippen LogP contribution in [0.5, 0.6) is 0 Å². The van der Waals surface area contributed by atoms with Crippen LogP contribution in [0.3, 0.4) is 0 Å². The third-order valence-electron chi connectivity index (χ3n) is 2.20. The summed E-state index contributed by atoms with van der Waals surface area (Å²) in [5.41, 5.74) is 6.45. The third kappa shape index (κ3) is 4.70. The van der Waals surface area contributed by atoms with E-state index in [4.69, 9.17) is 15.2 Å². The SMILES string of the molecule is COCCOCC(N)Cc1ccccc1F. The fourth-order valence-electron chi connectivity index (χ4n) is 1.38. The molecule has 3 nitrogen and oxygen atoms in total. The van der Waals surface area contributed by atoms with Crippen molar-refractivity contribution in [1.29, 1.82) is 0 Å². The summed E-state index contributed by atoms with van der Waals surface area (Å²) in [6.07, 6.45) is 0.486. The Morgan fingerprint density at radius 2 is 2.06 bits per heavy atom. The normalized spacial score (nSPS) is 12.7. The van der Waals surface area contributed by atoms with Gasteiger partial charge in [-0.2, -0.15) is 0 Å². The number of benzene rings is 1. The summed E-state index contributed by atoms with van der Waals surface area (Å²) in [5, 5.41) is 0. The van der Waals surface area contributed by atoms with Crippen LogP contribution in [0.4, 0.5) is 4.39 Å². The Morgan fingerprint density at radius 1 is 1.31 bits per heavy atom. The zero-order valence-electron chi connectivity index (χ0n) is 9.49. The van der Waals surface area contributed by atoms with Crippen LogP contribution in [0.25, 0.3) is 0 Å². The first kappa shape index (κ1) is 13.1. The summed E-state index contributed by atoms with van der Waals surface area (Å²) in [4.78, 5) is 0. The number of methoxy groups -OCH3 is 1. The lowest BCUT2D eigenvalue weighted by molar-refractivity contribution is 0.0636. The van der Waals surface area contributed by atoms with Crippen LogP contribution in [-0.2, 0) is 15.9 Å². The van der Waals surface area contributed by atoms with Crippen molar-refractivity contribution >= 4 is 0 Å². The summed E-state index contributed by atoms with van der Waals surface area (Å²) in [7, 11) is 1.61. The van der Waals surface area contributed by atoms with E-state index in [9.17, 15) is 4.39 Å². The zero-order valence-corrected chi connectivity index (χ0v) is 9.49. The van der Waals surface area contributed by atoms with Gasteiger partial charge in [0.05, 0.1) is 19.8 Å². The van der Waals surface area contributed by atoms with Gasteiger partial charge in [0, 0.05) is 13.2 Å². The van der Waals surface area contributed by atoms with E-state index in [1.165, 1.54) is 6.07 Å². The molecule has 0 fully saturated rings. The van der Waals surface area contributed by atoms with E-state index in [2.05, 4.69) is 0 Å². The maximum Gasteiger partial charge on any atom is 0.126 e. The van der Waals surface area contributed by atoms with Crippen molar-refractivity contribution in [3.63, 3.8) is 0 Å². The van der Waals surface area contributed by atoms with Crippen LogP contribution in [0.15, 0.2) is 24.3 Å². The monoisotopic (exact) mass is 227 g/mol. The largest absolute Gasteiger partial charge is 0.382 e. The Bertz CT molecular complexity index is 307. The molecule has 2 N–H and O–H groups in total. The van der Waals surface area contributed by atoms with Crippen LogP contribution >= 0.6 is 0 Å². The first-order valence-electron chi connectivity index (χ1n) is 5.29. The molecule has 1 rings (SSSR count). The highest BCUT2D eigenvalue weighted by Gasteiger charge is 2.07. The van der Waals surface area contributed by atoms with Gasteiger partial charge < -0.3 is 15.2 Å². The quantitative estimate of drug-likeness (QED) is 0.715. The standard InChI is InChI=1S/C12H18FNO2/c1-15-6-7-16-9-11(14)8-10-4-2-3-5-12(10)13/h2-5,11H,6-9,14H2,1H3. The van der Waals surface area contributed by atoms with Crippen molar-refractivity contribution in [3.8, 4) is 0 Å². The van der Waals surface area contributed by atoms with E-state index in [-0.39, 0.29) is 11.9 Å².